The number of hydrogen-bond acceptors (Lipinski definition) is 4. The van der Waals surface area contributed by atoms with Gasteiger partial charge in [0.2, 0.25) is 0 Å². The molecular formula is C20H19ClN2O2S. The Bertz CT molecular complexity index is 1010. The van der Waals surface area contributed by atoms with Gasteiger partial charge in [0.15, 0.2) is 10.9 Å². The van der Waals surface area contributed by atoms with Crippen LogP contribution in [0.3, 0.4) is 0 Å². The van der Waals surface area contributed by atoms with Crippen molar-refractivity contribution in [3.8, 4) is 0 Å². The van der Waals surface area contributed by atoms with Crippen molar-refractivity contribution in [2.75, 3.05) is 0 Å². The van der Waals surface area contributed by atoms with Gasteiger partial charge in [0.25, 0.3) is 5.56 Å². The Labute approximate surface area is 161 Å². The van der Waals surface area contributed by atoms with Crippen molar-refractivity contribution in [2.45, 2.75) is 37.2 Å². The van der Waals surface area contributed by atoms with E-state index in [1.807, 2.05) is 39.0 Å². The maximum atomic E-state index is 12.9. The zero-order valence-electron chi connectivity index (χ0n) is 14.8. The molecule has 1 atom stereocenters. The first-order chi connectivity index (χ1) is 12.4. The fourth-order valence-electron chi connectivity index (χ4n) is 2.72. The second-order valence-corrected chi connectivity index (χ2v) is 8.06. The number of para-hydroxylation sites is 1. The highest BCUT2D eigenvalue weighted by Crippen LogP contribution is 2.27. The van der Waals surface area contributed by atoms with Gasteiger partial charge in [0.05, 0.1) is 16.2 Å². The molecule has 0 saturated carbocycles. The van der Waals surface area contributed by atoms with Crippen LogP contribution in [0.15, 0.2) is 58.5 Å². The lowest BCUT2D eigenvalue weighted by Gasteiger charge is -2.18. The SMILES string of the molecule is CC(Sc1nc2ccccc2c(=O)n1C(C)C)C(=O)c1ccc(Cl)cc1. The third kappa shape index (κ3) is 3.69. The van der Waals surface area contributed by atoms with Gasteiger partial charge in [-0.15, -0.1) is 0 Å². The lowest BCUT2D eigenvalue weighted by Crippen LogP contribution is -2.26. The normalized spacial score (nSPS) is 12.5. The summed E-state index contributed by atoms with van der Waals surface area (Å²) in [6.07, 6.45) is 0. The summed E-state index contributed by atoms with van der Waals surface area (Å²) in [7, 11) is 0. The fraction of sp³-hybridized carbons (Fsp3) is 0.250. The summed E-state index contributed by atoms with van der Waals surface area (Å²) in [5.41, 5.74) is 1.15. The van der Waals surface area contributed by atoms with E-state index in [9.17, 15) is 9.59 Å². The third-order valence-corrected chi connectivity index (χ3v) is 5.39. The summed E-state index contributed by atoms with van der Waals surface area (Å²) in [5.74, 6) is -0.0237. The molecule has 0 N–H and O–H groups in total. The zero-order chi connectivity index (χ0) is 18.8. The molecule has 134 valence electrons. The predicted molar refractivity (Wildman–Crippen MR) is 107 cm³/mol. The molecule has 1 heterocycles. The highest BCUT2D eigenvalue weighted by atomic mass is 35.5. The van der Waals surface area contributed by atoms with Crippen LogP contribution in [-0.2, 0) is 0 Å². The number of carbonyl (C=O) groups excluding carboxylic acids is 1. The molecule has 26 heavy (non-hydrogen) atoms. The number of halogens is 1. The van der Waals surface area contributed by atoms with Crippen molar-refractivity contribution >= 4 is 40.0 Å². The number of hydrogen-bond donors (Lipinski definition) is 0. The Kier molecular flexibility index (Phi) is 5.49. The molecule has 1 unspecified atom stereocenters. The summed E-state index contributed by atoms with van der Waals surface area (Å²) >= 11 is 7.19. The molecule has 6 heteroatoms. The number of ketones is 1. The van der Waals surface area contributed by atoms with Gasteiger partial charge >= 0.3 is 0 Å². The van der Waals surface area contributed by atoms with Crippen LogP contribution < -0.4 is 5.56 Å². The quantitative estimate of drug-likeness (QED) is 0.352. The molecule has 0 bridgehead atoms. The first-order valence-electron chi connectivity index (χ1n) is 8.36. The average Bonchev–Trinajstić information content (AvgIpc) is 2.61. The van der Waals surface area contributed by atoms with E-state index in [0.717, 1.165) is 0 Å². The van der Waals surface area contributed by atoms with Gasteiger partial charge in [0.1, 0.15) is 0 Å². The summed E-state index contributed by atoms with van der Waals surface area (Å²) in [4.78, 5) is 30.2. The largest absolute Gasteiger partial charge is 0.293 e. The summed E-state index contributed by atoms with van der Waals surface area (Å²) < 4.78 is 1.65. The molecule has 3 rings (SSSR count). The van der Waals surface area contributed by atoms with Gasteiger partial charge in [-0.25, -0.2) is 4.98 Å². The Hall–Kier alpha value is -2.11. The second-order valence-electron chi connectivity index (χ2n) is 6.31. The van der Waals surface area contributed by atoms with Crippen molar-refractivity contribution in [3.05, 3.63) is 69.5 Å². The highest BCUT2D eigenvalue weighted by Gasteiger charge is 2.21. The van der Waals surface area contributed by atoms with E-state index < -0.39 is 0 Å². The van der Waals surface area contributed by atoms with E-state index in [1.54, 1.807) is 34.9 Å². The first kappa shape index (κ1) is 18.7. The Morgan fingerprint density at radius 1 is 1.08 bits per heavy atom. The van der Waals surface area contributed by atoms with E-state index in [-0.39, 0.29) is 22.6 Å². The van der Waals surface area contributed by atoms with Crippen molar-refractivity contribution in [3.63, 3.8) is 0 Å². The summed E-state index contributed by atoms with van der Waals surface area (Å²) in [6.45, 7) is 5.70. The number of aromatic nitrogens is 2. The molecule has 0 radical (unpaired) electrons. The van der Waals surface area contributed by atoms with Gasteiger partial charge in [-0.1, -0.05) is 35.5 Å². The number of fused-ring (bicyclic) bond motifs is 1. The Balaban J connectivity index is 1.99. The molecule has 2 aromatic carbocycles. The predicted octanol–water partition coefficient (Wildman–Crippen LogP) is 4.99. The van der Waals surface area contributed by atoms with Gasteiger partial charge in [-0.3, -0.25) is 14.2 Å². The number of Topliss-reactive ketones (excluding diaryl/α,β-unsaturated/α-hetero) is 1. The Morgan fingerprint density at radius 2 is 1.73 bits per heavy atom. The molecule has 4 nitrogen and oxygen atoms in total. The van der Waals surface area contributed by atoms with Crippen LogP contribution in [0, 0.1) is 0 Å². The van der Waals surface area contributed by atoms with Gasteiger partial charge in [-0.2, -0.15) is 0 Å². The fourth-order valence-corrected chi connectivity index (χ4v) is 3.97. The smallest absolute Gasteiger partial charge is 0.262 e. The molecule has 0 saturated heterocycles. The minimum atomic E-state index is -0.380. The van der Waals surface area contributed by atoms with E-state index in [2.05, 4.69) is 4.98 Å². The standard InChI is InChI=1S/C20H19ClN2O2S/c1-12(2)23-19(25)16-6-4-5-7-17(16)22-20(23)26-13(3)18(24)14-8-10-15(21)11-9-14/h4-13H,1-3H3. The van der Waals surface area contributed by atoms with Crippen LogP contribution in [0.1, 0.15) is 37.2 Å². The molecule has 1 aromatic heterocycles. The maximum Gasteiger partial charge on any atom is 0.262 e. The van der Waals surface area contributed by atoms with Crippen LogP contribution >= 0.6 is 23.4 Å². The topological polar surface area (TPSA) is 52.0 Å². The molecule has 0 fully saturated rings. The van der Waals surface area contributed by atoms with Crippen molar-refractivity contribution in [1.29, 1.82) is 0 Å². The molecule has 0 spiro atoms. The maximum absolute atomic E-state index is 12.9. The molecule has 3 aromatic rings. The van der Waals surface area contributed by atoms with E-state index in [4.69, 9.17) is 11.6 Å². The minimum absolute atomic E-state index is 0.0237. The van der Waals surface area contributed by atoms with Crippen LogP contribution in [0.25, 0.3) is 10.9 Å². The van der Waals surface area contributed by atoms with E-state index in [0.29, 0.717) is 26.6 Å². The molecular weight excluding hydrogens is 368 g/mol. The lowest BCUT2D eigenvalue weighted by atomic mass is 10.1. The van der Waals surface area contributed by atoms with Gasteiger partial charge < -0.3 is 0 Å². The zero-order valence-corrected chi connectivity index (χ0v) is 16.3. The first-order valence-corrected chi connectivity index (χ1v) is 9.62. The van der Waals surface area contributed by atoms with E-state index >= 15 is 0 Å². The number of benzene rings is 2. The van der Waals surface area contributed by atoms with Crippen LogP contribution in [-0.4, -0.2) is 20.6 Å². The number of thioether (sulfide) groups is 1. The summed E-state index contributed by atoms with van der Waals surface area (Å²) in [5, 5.41) is 1.35. The van der Waals surface area contributed by atoms with Crippen molar-refractivity contribution < 1.29 is 4.79 Å². The van der Waals surface area contributed by atoms with Gasteiger partial charge in [-0.05, 0) is 57.2 Å². The Morgan fingerprint density at radius 3 is 2.38 bits per heavy atom. The third-order valence-electron chi connectivity index (χ3n) is 4.07. The van der Waals surface area contributed by atoms with Crippen LogP contribution in [0.2, 0.25) is 5.02 Å². The number of nitrogens with zero attached hydrogens (tertiary/aromatic N) is 2. The summed E-state index contributed by atoms with van der Waals surface area (Å²) in [6, 6.07) is 14.0. The van der Waals surface area contributed by atoms with Crippen molar-refractivity contribution in [1.82, 2.24) is 9.55 Å². The highest BCUT2D eigenvalue weighted by molar-refractivity contribution is 8.00. The van der Waals surface area contributed by atoms with Crippen LogP contribution in [0.5, 0.6) is 0 Å². The minimum Gasteiger partial charge on any atom is -0.293 e. The van der Waals surface area contributed by atoms with Crippen LogP contribution in [0.4, 0.5) is 0 Å². The number of carbonyl (C=O) groups is 1. The second kappa shape index (κ2) is 7.64. The van der Waals surface area contributed by atoms with Gasteiger partial charge in [0, 0.05) is 16.6 Å². The molecule has 0 aliphatic heterocycles. The lowest BCUT2D eigenvalue weighted by molar-refractivity contribution is 0.0994. The average molecular weight is 387 g/mol. The number of rotatable bonds is 5. The molecule has 0 amide bonds. The monoisotopic (exact) mass is 386 g/mol. The molecule has 0 aliphatic rings. The van der Waals surface area contributed by atoms with E-state index in [1.165, 1.54) is 11.8 Å². The molecule has 0 aliphatic carbocycles. The van der Waals surface area contributed by atoms with Crippen molar-refractivity contribution in [2.24, 2.45) is 0 Å².